The number of piperidine rings is 1. The van der Waals surface area contributed by atoms with Gasteiger partial charge in [0.25, 0.3) is 0 Å². The molecule has 0 unspecified atom stereocenters. The number of carbonyl (C=O) groups excluding carboxylic acids is 3. The average molecular weight is 452 g/mol. The zero-order chi connectivity index (χ0) is 23.6. The fourth-order valence-electron chi connectivity index (χ4n) is 4.19. The molecule has 3 rings (SSSR count). The summed E-state index contributed by atoms with van der Waals surface area (Å²) in [5.74, 6) is -1.12. The zero-order valence-corrected chi connectivity index (χ0v) is 19.0. The molecule has 0 saturated carbocycles. The van der Waals surface area contributed by atoms with Crippen LogP contribution in [0.3, 0.4) is 0 Å². The van der Waals surface area contributed by atoms with Gasteiger partial charge in [-0.25, -0.2) is 0 Å². The number of carbonyl (C=O) groups is 3. The fourth-order valence-corrected chi connectivity index (χ4v) is 4.19. The number of likely N-dealkylation sites (tertiary alicyclic amines) is 1. The van der Waals surface area contributed by atoms with Gasteiger partial charge in [-0.1, -0.05) is 48.5 Å². The van der Waals surface area contributed by atoms with Crippen LogP contribution in [0, 0.1) is 0 Å². The Morgan fingerprint density at radius 2 is 1.73 bits per heavy atom. The predicted molar refractivity (Wildman–Crippen MR) is 129 cm³/mol. The molecule has 1 aliphatic heterocycles. The first-order chi connectivity index (χ1) is 15.9. The van der Waals surface area contributed by atoms with E-state index in [2.05, 4.69) is 70.2 Å². The summed E-state index contributed by atoms with van der Waals surface area (Å²) < 4.78 is 0. The van der Waals surface area contributed by atoms with Crippen LogP contribution in [-0.4, -0.2) is 61.4 Å². The molecule has 3 amide bonds. The topological polar surface area (TPSA) is 117 Å². The summed E-state index contributed by atoms with van der Waals surface area (Å²) in [5.41, 5.74) is 6.32. The molecule has 1 heterocycles. The number of nitrogens with two attached hydrogens (primary N) is 1. The van der Waals surface area contributed by atoms with Crippen LogP contribution in [0.5, 0.6) is 0 Å². The Labute approximate surface area is 194 Å². The minimum absolute atomic E-state index is 0.105. The quantitative estimate of drug-likeness (QED) is 0.406. The minimum Gasteiger partial charge on any atom is -0.366 e. The molecule has 0 aromatic heterocycles. The number of hydrogen-bond donors (Lipinski definition) is 4. The second kappa shape index (κ2) is 12.1. The molecule has 0 bridgehead atoms. The normalized spacial score (nSPS) is 16.0. The van der Waals surface area contributed by atoms with Gasteiger partial charge in [-0.15, -0.1) is 0 Å². The number of amides is 3. The highest BCUT2D eigenvalue weighted by atomic mass is 16.2. The van der Waals surface area contributed by atoms with Crippen LogP contribution in [0.25, 0.3) is 10.8 Å². The monoisotopic (exact) mass is 451 g/mol. The lowest BCUT2D eigenvalue weighted by Crippen LogP contribution is -2.47. The van der Waals surface area contributed by atoms with E-state index in [1.165, 1.54) is 28.5 Å². The maximum atomic E-state index is 12.1. The van der Waals surface area contributed by atoms with Crippen LogP contribution in [0.15, 0.2) is 54.6 Å². The van der Waals surface area contributed by atoms with Gasteiger partial charge in [0.1, 0.15) is 0 Å². The summed E-state index contributed by atoms with van der Waals surface area (Å²) in [6.07, 6.45) is 4.57. The van der Waals surface area contributed by atoms with E-state index in [1.54, 1.807) is 0 Å². The molecule has 0 radical (unpaired) electrons. The van der Waals surface area contributed by atoms with Gasteiger partial charge in [0, 0.05) is 37.8 Å². The van der Waals surface area contributed by atoms with E-state index in [1.807, 2.05) is 0 Å². The minimum atomic E-state index is -0.572. The van der Waals surface area contributed by atoms with Crippen LogP contribution in [-0.2, 0) is 14.4 Å². The predicted octanol–water partition coefficient (Wildman–Crippen LogP) is 1.23. The number of nitrogens with zero attached hydrogens (tertiary/aromatic N) is 1. The van der Waals surface area contributed by atoms with Crippen LogP contribution >= 0.6 is 0 Å². The third-order valence-corrected chi connectivity index (χ3v) is 6.05. The van der Waals surface area contributed by atoms with Crippen molar-refractivity contribution in [1.82, 2.24) is 20.9 Å². The van der Waals surface area contributed by atoms with Gasteiger partial charge in [0.05, 0.1) is 13.1 Å². The van der Waals surface area contributed by atoms with E-state index < -0.39 is 5.91 Å². The Kier molecular flexibility index (Phi) is 8.97. The van der Waals surface area contributed by atoms with Crippen molar-refractivity contribution in [2.75, 3.05) is 32.7 Å². The first kappa shape index (κ1) is 24.4. The van der Waals surface area contributed by atoms with Crippen molar-refractivity contribution in [1.29, 1.82) is 0 Å². The number of fused-ring (bicyclic) bond motifs is 1. The highest BCUT2D eigenvalue weighted by molar-refractivity contribution is 5.87. The van der Waals surface area contributed by atoms with Crippen LogP contribution in [0.2, 0.25) is 0 Å². The number of primary amides is 1. The molecule has 2 aromatic rings. The van der Waals surface area contributed by atoms with Crippen molar-refractivity contribution in [3.8, 4) is 0 Å². The molecule has 8 nitrogen and oxygen atoms in total. The molecule has 1 fully saturated rings. The average Bonchev–Trinajstić information content (AvgIpc) is 2.83. The number of nitrogens with one attached hydrogen (secondary N) is 3. The van der Waals surface area contributed by atoms with Crippen molar-refractivity contribution >= 4 is 28.5 Å². The SMILES string of the molecule is C[C@H](c1cccc2ccccc12)N1CCC(NCC(=O)NCC(=O)NC/C=C/C(N)=O)CC1. The van der Waals surface area contributed by atoms with Crippen LogP contribution in [0.4, 0.5) is 0 Å². The van der Waals surface area contributed by atoms with Crippen LogP contribution in [0.1, 0.15) is 31.4 Å². The van der Waals surface area contributed by atoms with Gasteiger partial charge in [0.2, 0.25) is 17.7 Å². The lowest BCUT2D eigenvalue weighted by Gasteiger charge is -2.37. The Bertz CT molecular complexity index is 993. The highest BCUT2D eigenvalue weighted by Gasteiger charge is 2.24. The molecule has 176 valence electrons. The lowest BCUT2D eigenvalue weighted by molar-refractivity contribution is -0.125. The Morgan fingerprint density at radius 1 is 1.03 bits per heavy atom. The third-order valence-electron chi connectivity index (χ3n) is 6.05. The van der Waals surface area contributed by atoms with E-state index in [-0.39, 0.29) is 37.5 Å². The van der Waals surface area contributed by atoms with E-state index >= 15 is 0 Å². The first-order valence-electron chi connectivity index (χ1n) is 11.4. The highest BCUT2D eigenvalue weighted by Crippen LogP contribution is 2.29. The van der Waals surface area contributed by atoms with Gasteiger partial charge in [-0.05, 0) is 36.1 Å². The molecule has 2 aromatic carbocycles. The van der Waals surface area contributed by atoms with Crippen LogP contribution < -0.4 is 21.7 Å². The second-order valence-electron chi connectivity index (χ2n) is 8.32. The molecule has 1 saturated heterocycles. The molecule has 0 spiro atoms. The Hall–Kier alpha value is -3.23. The number of rotatable bonds is 10. The molecule has 1 atom stereocenters. The van der Waals surface area contributed by atoms with Crippen molar-refractivity contribution in [3.05, 3.63) is 60.2 Å². The van der Waals surface area contributed by atoms with Gasteiger partial charge in [-0.2, -0.15) is 0 Å². The lowest BCUT2D eigenvalue weighted by atomic mass is 9.96. The summed E-state index contributed by atoms with van der Waals surface area (Å²) in [4.78, 5) is 36.8. The van der Waals surface area contributed by atoms with Gasteiger partial charge >= 0.3 is 0 Å². The van der Waals surface area contributed by atoms with Gasteiger partial charge < -0.3 is 21.7 Å². The molecular weight excluding hydrogens is 418 g/mol. The summed E-state index contributed by atoms with van der Waals surface area (Å²) >= 11 is 0. The van der Waals surface area contributed by atoms with E-state index in [4.69, 9.17) is 5.73 Å². The maximum absolute atomic E-state index is 12.1. The third kappa shape index (κ3) is 7.40. The summed E-state index contributed by atoms with van der Waals surface area (Å²) in [5, 5.41) is 11.0. The molecule has 1 aliphatic rings. The zero-order valence-electron chi connectivity index (χ0n) is 19.0. The Morgan fingerprint density at radius 3 is 2.48 bits per heavy atom. The number of benzene rings is 2. The van der Waals surface area contributed by atoms with Crippen molar-refractivity contribution in [3.63, 3.8) is 0 Å². The standard InChI is InChI=1S/C25H33N5O3/c1-18(21-9-4-7-19-6-2-3-8-22(19)21)30-14-11-20(12-15-30)28-16-25(33)29-17-24(32)27-13-5-10-23(26)31/h2-10,18,20,28H,11-17H2,1H3,(H2,26,31)(H,27,32)(H,29,33)/b10-5+/t18-/m1/s1. The fraction of sp³-hybridized carbons (Fsp3) is 0.400. The first-order valence-corrected chi connectivity index (χ1v) is 11.4. The van der Waals surface area contributed by atoms with Crippen molar-refractivity contribution < 1.29 is 14.4 Å². The van der Waals surface area contributed by atoms with Crippen molar-refractivity contribution in [2.45, 2.75) is 31.8 Å². The largest absolute Gasteiger partial charge is 0.366 e. The summed E-state index contributed by atoms with van der Waals surface area (Å²) in [6, 6.07) is 15.6. The number of hydrogen-bond acceptors (Lipinski definition) is 5. The van der Waals surface area contributed by atoms with E-state index in [0.717, 1.165) is 25.9 Å². The van der Waals surface area contributed by atoms with Gasteiger partial charge in [-0.3, -0.25) is 19.3 Å². The van der Waals surface area contributed by atoms with Gasteiger partial charge in [0.15, 0.2) is 0 Å². The molecular formula is C25H33N5O3. The van der Waals surface area contributed by atoms with E-state index in [0.29, 0.717) is 6.04 Å². The second-order valence-corrected chi connectivity index (χ2v) is 8.32. The molecule has 0 aliphatic carbocycles. The molecule has 8 heteroatoms. The van der Waals surface area contributed by atoms with Crippen molar-refractivity contribution in [2.24, 2.45) is 5.73 Å². The summed E-state index contributed by atoms with van der Waals surface area (Å²) in [6.45, 7) is 4.45. The maximum Gasteiger partial charge on any atom is 0.241 e. The summed E-state index contributed by atoms with van der Waals surface area (Å²) in [7, 11) is 0. The Balaban J connectivity index is 1.37. The molecule has 33 heavy (non-hydrogen) atoms. The van der Waals surface area contributed by atoms with E-state index in [9.17, 15) is 14.4 Å². The molecule has 5 N–H and O–H groups in total. The smallest absolute Gasteiger partial charge is 0.241 e.